The highest BCUT2D eigenvalue weighted by molar-refractivity contribution is 7.98. The van der Waals surface area contributed by atoms with Gasteiger partial charge in [0.25, 0.3) is 0 Å². The monoisotopic (exact) mass is 235 g/mol. The Morgan fingerprint density at radius 1 is 1.33 bits per heavy atom. The van der Waals surface area contributed by atoms with Crippen LogP contribution in [0.1, 0.15) is 40.5 Å². The first-order valence-electron chi connectivity index (χ1n) is 5.68. The molecular weight excluding hydrogens is 206 g/mol. The first-order chi connectivity index (χ1) is 6.89. The molecule has 0 saturated heterocycles. The highest BCUT2D eigenvalue weighted by Crippen LogP contribution is 2.04. The Bertz CT molecular complexity index is 127. The highest BCUT2D eigenvalue weighted by Gasteiger charge is 2.11. The van der Waals surface area contributed by atoms with E-state index >= 15 is 0 Å². The SMILES string of the molecule is CNC(C)(C)CCO.CSCCC(C)C. The van der Waals surface area contributed by atoms with Gasteiger partial charge in [-0.2, -0.15) is 11.8 Å². The Hall–Kier alpha value is 0.270. The standard InChI is InChI=1S/C6H15NO.C6H14S/c1-6(2,7-3)4-5-8;1-6(2)4-5-7-3/h7-8H,4-5H2,1-3H3;6H,4-5H2,1-3H3. The van der Waals surface area contributed by atoms with E-state index in [1.54, 1.807) is 0 Å². The van der Waals surface area contributed by atoms with Crippen LogP contribution in [0.4, 0.5) is 0 Å². The molecule has 0 aromatic heterocycles. The van der Waals surface area contributed by atoms with Gasteiger partial charge in [0.2, 0.25) is 0 Å². The minimum atomic E-state index is 0.0920. The first-order valence-corrected chi connectivity index (χ1v) is 7.07. The molecule has 0 unspecified atom stereocenters. The zero-order chi connectivity index (χ0) is 12.3. The summed E-state index contributed by atoms with van der Waals surface area (Å²) >= 11 is 1.93. The number of nitrogens with one attached hydrogen (secondary N) is 1. The molecule has 2 nitrogen and oxygen atoms in total. The van der Waals surface area contributed by atoms with Gasteiger partial charge in [0.15, 0.2) is 0 Å². The van der Waals surface area contributed by atoms with Gasteiger partial charge >= 0.3 is 0 Å². The molecule has 2 N–H and O–H groups in total. The largest absolute Gasteiger partial charge is 0.396 e. The predicted molar refractivity (Wildman–Crippen MR) is 72.7 cm³/mol. The van der Waals surface area contributed by atoms with Gasteiger partial charge in [-0.15, -0.1) is 0 Å². The average Bonchev–Trinajstić information content (AvgIpc) is 2.16. The molecule has 15 heavy (non-hydrogen) atoms. The van der Waals surface area contributed by atoms with E-state index < -0.39 is 0 Å². The van der Waals surface area contributed by atoms with Crippen LogP contribution in [-0.4, -0.2) is 36.3 Å². The third-order valence-corrected chi connectivity index (χ3v) is 2.96. The van der Waals surface area contributed by atoms with E-state index in [9.17, 15) is 0 Å². The second kappa shape index (κ2) is 10.8. The summed E-state index contributed by atoms with van der Waals surface area (Å²) in [6, 6.07) is 0. The van der Waals surface area contributed by atoms with E-state index in [1.165, 1.54) is 12.2 Å². The molecule has 0 fully saturated rings. The predicted octanol–water partition coefficient (Wildman–Crippen LogP) is 2.76. The van der Waals surface area contributed by atoms with E-state index in [-0.39, 0.29) is 12.1 Å². The average molecular weight is 235 g/mol. The fraction of sp³-hybridized carbons (Fsp3) is 1.00. The van der Waals surface area contributed by atoms with Crippen LogP contribution in [0.15, 0.2) is 0 Å². The zero-order valence-electron chi connectivity index (χ0n) is 11.3. The summed E-state index contributed by atoms with van der Waals surface area (Å²) in [5.74, 6) is 2.20. The third kappa shape index (κ3) is 16.9. The summed E-state index contributed by atoms with van der Waals surface area (Å²) in [5.41, 5.74) is 0.0920. The summed E-state index contributed by atoms with van der Waals surface area (Å²) in [7, 11) is 1.90. The van der Waals surface area contributed by atoms with Crippen molar-refractivity contribution in [1.29, 1.82) is 0 Å². The lowest BCUT2D eigenvalue weighted by Gasteiger charge is -2.21. The second-order valence-electron chi connectivity index (χ2n) is 4.78. The molecule has 0 heterocycles. The molecule has 0 bridgehead atoms. The quantitative estimate of drug-likeness (QED) is 0.742. The molecule has 0 radical (unpaired) electrons. The van der Waals surface area contributed by atoms with E-state index in [1.807, 2.05) is 18.8 Å². The van der Waals surface area contributed by atoms with Crippen LogP contribution in [0.25, 0.3) is 0 Å². The van der Waals surface area contributed by atoms with Crippen molar-refractivity contribution in [3.63, 3.8) is 0 Å². The van der Waals surface area contributed by atoms with Crippen LogP contribution in [0.3, 0.4) is 0 Å². The third-order valence-electron chi connectivity index (χ3n) is 2.31. The maximum absolute atomic E-state index is 8.49. The van der Waals surface area contributed by atoms with Gasteiger partial charge in [-0.1, -0.05) is 13.8 Å². The maximum Gasteiger partial charge on any atom is 0.0448 e. The van der Waals surface area contributed by atoms with Crippen molar-refractivity contribution in [3.05, 3.63) is 0 Å². The van der Waals surface area contributed by atoms with Crippen molar-refractivity contribution >= 4 is 11.8 Å². The van der Waals surface area contributed by atoms with Gasteiger partial charge in [0, 0.05) is 12.1 Å². The van der Waals surface area contributed by atoms with Crippen LogP contribution < -0.4 is 5.32 Å². The number of aliphatic hydroxyl groups is 1. The molecule has 0 spiro atoms. The second-order valence-corrected chi connectivity index (χ2v) is 5.77. The van der Waals surface area contributed by atoms with E-state index in [4.69, 9.17) is 5.11 Å². The minimum absolute atomic E-state index is 0.0920. The van der Waals surface area contributed by atoms with Gasteiger partial charge in [0.1, 0.15) is 0 Å². The Kier molecular flexibility index (Phi) is 12.7. The number of hydrogen-bond acceptors (Lipinski definition) is 3. The highest BCUT2D eigenvalue weighted by atomic mass is 32.2. The fourth-order valence-corrected chi connectivity index (χ4v) is 1.47. The first kappa shape index (κ1) is 17.7. The Morgan fingerprint density at radius 3 is 2.00 bits per heavy atom. The molecule has 0 atom stereocenters. The van der Waals surface area contributed by atoms with E-state index in [0.29, 0.717) is 0 Å². The molecule has 0 aliphatic rings. The molecule has 0 amide bonds. The maximum atomic E-state index is 8.49. The Labute approximate surface area is 100 Å². The molecule has 0 aliphatic heterocycles. The molecule has 0 aromatic rings. The Morgan fingerprint density at radius 2 is 1.87 bits per heavy atom. The number of hydrogen-bond donors (Lipinski definition) is 2. The van der Waals surface area contributed by atoms with Gasteiger partial charge in [-0.3, -0.25) is 0 Å². The summed E-state index contributed by atoms with van der Waals surface area (Å²) in [6.45, 7) is 8.90. The molecule has 94 valence electrons. The van der Waals surface area contributed by atoms with Crippen LogP contribution in [0.5, 0.6) is 0 Å². The molecule has 3 heteroatoms. The van der Waals surface area contributed by atoms with Gasteiger partial charge in [-0.25, -0.2) is 0 Å². The number of rotatable bonds is 6. The van der Waals surface area contributed by atoms with Crippen molar-refractivity contribution in [2.75, 3.05) is 25.7 Å². The summed E-state index contributed by atoms with van der Waals surface area (Å²) in [6.07, 6.45) is 4.33. The van der Waals surface area contributed by atoms with Crippen molar-refractivity contribution in [3.8, 4) is 0 Å². The lowest BCUT2D eigenvalue weighted by molar-refractivity contribution is 0.237. The topological polar surface area (TPSA) is 32.3 Å². The molecular formula is C12H29NOS. The summed E-state index contributed by atoms with van der Waals surface area (Å²) in [5, 5.41) is 11.6. The van der Waals surface area contributed by atoms with Crippen LogP contribution in [-0.2, 0) is 0 Å². The van der Waals surface area contributed by atoms with Crippen LogP contribution in [0.2, 0.25) is 0 Å². The number of thioether (sulfide) groups is 1. The molecule has 0 aliphatic carbocycles. The zero-order valence-corrected chi connectivity index (χ0v) is 12.1. The minimum Gasteiger partial charge on any atom is -0.396 e. The summed E-state index contributed by atoms with van der Waals surface area (Å²) < 4.78 is 0. The van der Waals surface area contributed by atoms with E-state index in [0.717, 1.165) is 12.3 Å². The van der Waals surface area contributed by atoms with Crippen molar-refractivity contribution < 1.29 is 5.11 Å². The van der Waals surface area contributed by atoms with Crippen molar-refractivity contribution in [2.45, 2.75) is 46.1 Å². The molecule has 0 saturated carbocycles. The van der Waals surface area contributed by atoms with Crippen LogP contribution in [0, 0.1) is 5.92 Å². The van der Waals surface area contributed by atoms with Crippen molar-refractivity contribution in [1.82, 2.24) is 5.32 Å². The Balaban J connectivity index is 0. The fourth-order valence-electron chi connectivity index (χ4n) is 0.758. The van der Waals surface area contributed by atoms with Crippen LogP contribution >= 0.6 is 11.8 Å². The summed E-state index contributed by atoms with van der Waals surface area (Å²) in [4.78, 5) is 0. The lowest BCUT2D eigenvalue weighted by Crippen LogP contribution is -2.36. The van der Waals surface area contributed by atoms with E-state index in [2.05, 4.69) is 39.3 Å². The van der Waals surface area contributed by atoms with Gasteiger partial charge < -0.3 is 10.4 Å². The van der Waals surface area contributed by atoms with Crippen molar-refractivity contribution in [2.24, 2.45) is 5.92 Å². The molecule has 0 aromatic carbocycles. The normalized spacial score (nSPS) is 11.2. The smallest absolute Gasteiger partial charge is 0.0448 e. The van der Waals surface area contributed by atoms with Gasteiger partial charge in [0.05, 0.1) is 0 Å². The van der Waals surface area contributed by atoms with Gasteiger partial charge in [-0.05, 0) is 51.7 Å². The molecule has 0 rings (SSSR count). The lowest BCUT2D eigenvalue weighted by atomic mass is 10.0. The number of aliphatic hydroxyl groups excluding tert-OH is 1.